The molecule has 71 heavy (non-hydrogen) atoms. The van der Waals surface area contributed by atoms with E-state index >= 15 is 0 Å². The summed E-state index contributed by atoms with van der Waals surface area (Å²) in [6.07, 6.45) is 11.2. The van der Waals surface area contributed by atoms with E-state index in [0.29, 0.717) is 5.76 Å². The number of benzene rings is 8. The minimum atomic E-state index is -0.0709. The van der Waals surface area contributed by atoms with E-state index in [1.54, 1.807) is 11.8 Å². The molecule has 0 saturated carbocycles. The maximum absolute atomic E-state index is 6.31. The van der Waals surface area contributed by atoms with Crippen LogP contribution >= 0.6 is 47.0 Å². The van der Waals surface area contributed by atoms with Crippen LogP contribution in [0, 0.1) is 36.6 Å². The van der Waals surface area contributed by atoms with Crippen molar-refractivity contribution < 1.29 is 46.5 Å². The largest absolute Gasteiger partial charge is 0.631 e. The smallest absolute Gasteiger partial charge is 0.202 e. The molecular weight excluding hydrogens is 1310 g/mol. The van der Waals surface area contributed by atoms with E-state index in [2.05, 4.69) is 182 Å². The zero-order valence-electron chi connectivity index (χ0n) is 36.8. The van der Waals surface area contributed by atoms with Gasteiger partial charge in [0, 0.05) is 65.7 Å². The second-order valence-electron chi connectivity index (χ2n) is 17.3. The standard InChI is InChI=1S/C58H28B2N4OS4.2Pt/c1-3-9-35(10-4-1)40-30-61-63(32-40)42-19-23-51-46(28-42)59-44-25-37(17-21-49(44)66-53-13-7-15-55(68-51)57(53)59)39-27-48(65-34-39)38-18-22-50-45(26-38)60-47-29-43(64-33-41(31-62-64)36-11-5-2-6-12-36)20-24-52(47)69-56-16-8-14-54(67-50)58(56)60;;/h1-24,30-33H;;/q-6;;. The van der Waals surface area contributed by atoms with Gasteiger partial charge in [0.2, 0.25) is 13.4 Å². The molecule has 0 unspecified atom stereocenters. The summed E-state index contributed by atoms with van der Waals surface area (Å²) in [6.45, 7) is -0.134. The van der Waals surface area contributed by atoms with Gasteiger partial charge in [0.15, 0.2) is 0 Å². The Morgan fingerprint density at radius 1 is 0.394 bits per heavy atom. The summed E-state index contributed by atoms with van der Waals surface area (Å²) >= 11 is 7.23. The maximum Gasteiger partial charge on any atom is 0.202 e. The number of hydrogen-bond donors (Lipinski definition) is 0. The molecular formula is C58H28B2N4OPt2S4-6. The van der Waals surface area contributed by atoms with Crippen molar-refractivity contribution >= 4 is 93.2 Å². The third kappa shape index (κ3) is 7.61. The van der Waals surface area contributed by atoms with E-state index < -0.39 is 0 Å². The molecule has 0 aliphatic carbocycles. The Kier molecular flexibility index (Phi) is 11.6. The maximum atomic E-state index is 6.31. The topological polar surface area (TPSA) is 48.8 Å². The number of hydrogen-bond acceptors (Lipinski definition) is 7. The van der Waals surface area contributed by atoms with Crippen molar-refractivity contribution in [2.45, 2.75) is 39.2 Å². The van der Waals surface area contributed by atoms with Crippen LogP contribution in [0.4, 0.5) is 0 Å². The Morgan fingerprint density at radius 3 is 1.30 bits per heavy atom. The monoisotopic (exact) mass is 1340 g/mol. The van der Waals surface area contributed by atoms with Gasteiger partial charge in [-0.3, -0.25) is 9.36 Å². The predicted molar refractivity (Wildman–Crippen MR) is 279 cm³/mol. The van der Waals surface area contributed by atoms with Crippen LogP contribution in [0.1, 0.15) is 0 Å². The van der Waals surface area contributed by atoms with E-state index in [1.165, 1.54) is 50.1 Å². The first-order chi connectivity index (χ1) is 34.1. The molecule has 0 bridgehead atoms. The first-order valence-electron chi connectivity index (χ1n) is 22.5. The second kappa shape index (κ2) is 18.1. The average Bonchev–Trinajstić information content (AvgIpc) is 4.22. The molecule has 3 aromatic heterocycles. The predicted octanol–water partition coefficient (Wildman–Crippen LogP) is 10.0. The minimum absolute atomic E-state index is 0. The van der Waals surface area contributed by atoms with E-state index in [4.69, 9.17) is 14.6 Å². The first-order valence-corrected chi connectivity index (χ1v) is 25.8. The quantitative estimate of drug-likeness (QED) is 0.122. The van der Waals surface area contributed by atoms with E-state index in [1.807, 2.05) is 69.2 Å². The zero-order valence-corrected chi connectivity index (χ0v) is 44.6. The molecule has 15 rings (SSSR count). The fourth-order valence-electron chi connectivity index (χ4n) is 10.0. The Labute approximate surface area is 457 Å². The number of furan rings is 1. The molecule has 13 heteroatoms. The summed E-state index contributed by atoms with van der Waals surface area (Å²) in [5, 5.41) is 9.57. The van der Waals surface area contributed by atoms with Gasteiger partial charge < -0.3 is 21.6 Å². The molecule has 8 aromatic carbocycles. The minimum Gasteiger partial charge on any atom is -0.631 e. The van der Waals surface area contributed by atoms with Crippen LogP contribution in [-0.2, 0) is 42.1 Å². The molecule has 4 aliphatic rings. The van der Waals surface area contributed by atoms with Gasteiger partial charge in [-0.15, -0.1) is 87.0 Å². The SMILES string of the molecule is [Pt].[Pt].[c-]1oc(-c2[c-]c3c(cc2)Sc2cccc4c2B3c2[c-]c(-n3cc(-c5ccccc5)cn3)ccc2S4)[c-]c1-c1[c-]c2c(cc1)Sc1cccc3c1B2c1[c-]c(-n2cc(-c4ccccc4)cn2)ccc1S3. The third-order valence-electron chi connectivity index (χ3n) is 13.3. The fraction of sp³-hybridized carbons (Fsp3) is 0. The molecule has 7 heterocycles. The van der Waals surface area contributed by atoms with Gasteiger partial charge in [-0.25, -0.2) is 12.1 Å². The Hall–Kier alpha value is -5.63. The first kappa shape index (κ1) is 45.2. The summed E-state index contributed by atoms with van der Waals surface area (Å²) in [7, 11) is 0. The van der Waals surface area contributed by atoms with E-state index in [9.17, 15) is 0 Å². The van der Waals surface area contributed by atoms with Crippen LogP contribution in [0.2, 0.25) is 0 Å². The van der Waals surface area contributed by atoms with Crippen LogP contribution in [-0.4, -0.2) is 33.0 Å². The summed E-state index contributed by atoms with van der Waals surface area (Å²) in [6, 6.07) is 70.4. The van der Waals surface area contributed by atoms with Crippen molar-refractivity contribution in [3.05, 3.63) is 207 Å². The van der Waals surface area contributed by atoms with Crippen LogP contribution in [0.5, 0.6) is 0 Å². The van der Waals surface area contributed by atoms with Crippen molar-refractivity contribution in [3.8, 4) is 56.1 Å². The number of aromatic nitrogens is 4. The Bertz CT molecular complexity index is 3640. The van der Waals surface area contributed by atoms with Crippen molar-refractivity contribution in [2.75, 3.05) is 0 Å². The van der Waals surface area contributed by atoms with E-state index in [0.717, 1.165) is 72.2 Å². The molecule has 0 N–H and O–H groups in total. The molecule has 11 aromatic rings. The molecule has 4 aliphatic heterocycles. The fourth-order valence-corrected chi connectivity index (χ4v) is 14.7. The van der Waals surface area contributed by atoms with Crippen molar-refractivity contribution in [3.63, 3.8) is 0 Å². The van der Waals surface area contributed by atoms with Gasteiger partial charge >= 0.3 is 0 Å². The Balaban J connectivity index is 0.00000246. The van der Waals surface area contributed by atoms with Crippen LogP contribution < -0.4 is 32.8 Å². The molecule has 0 amide bonds. The van der Waals surface area contributed by atoms with Crippen LogP contribution in [0.3, 0.4) is 0 Å². The van der Waals surface area contributed by atoms with E-state index in [-0.39, 0.29) is 55.6 Å². The summed E-state index contributed by atoms with van der Waals surface area (Å²) in [5.41, 5.74) is 15.7. The molecule has 0 fully saturated rings. The van der Waals surface area contributed by atoms with Crippen molar-refractivity contribution in [1.29, 1.82) is 0 Å². The second-order valence-corrected chi connectivity index (χ2v) is 21.6. The zero-order chi connectivity index (χ0) is 45.2. The van der Waals surface area contributed by atoms with Crippen molar-refractivity contribution in [2.24, 2.45) is 0 Å². The van der Waals surface area contributed by atoms with Gasteiger partial charge in [-0.05, 0) is 77.3 Å². The van der Waals surface area contributed by atoms with Gasteiger partial charge in [-0.1, -0.05) is 88.3 Å². The van der Waals surface area contributed by atoms with Gasteiger partial charge in [0.05, 0.1) is 12.4 Å². The van der Waals surface area contributed by atoms with Gasteiger partial charge in [-0.2, -0.15) is 74.4 Å². The molecule has 0 radical (unpaired) electrons. The van der Waals surface area contributed by atoms with Gasteiger partial charge in [0.25, 0.3) is 0 Å². The summed E-state index contributed by atoms with van der Waals surface area (Å²) < 4.78 is 10.2. The van der Waals surface area contributed by atoms with Crippen molar-refractivity contribution in [1.82, 2.24) is 19.6 Å². The van der Waals surface area contributed by atoms with Gasteiger partial charge in [0.1, 0.15) is 0 Å². The molecule has 0 spiro atoms. The normalized spacial score (nSPS) is 13.1. The molecule has 0 atom stereocenters. The summed E-state index contributed by atoms with van der Waals surface area (Å²) in [4.78, 5) is 9.76. The van der Waals surface area contributed by atoms with Crippen LogP contribution in [0.15, 0.2) is 214 Å². The number of nitrogens with zero attached hydrogens (tertiary/aromatic N) is 4. The average molecular weight is 1340 g/mol. The van der Waals surface area contributed by atoms with Crippen LogP contribution in [0.25, 0.3) is 56.1 Å². The third-order valence-corrected chi connectivity index (χ3v) is 17.9. The molecule has 5 nitrogen and oxygen atoms in total. The Morgan fingerprint density at radius 2 is 0.817 bits per heavy atom. The number of rotatable bonds is 6. The number of fused-ring (bicyclic) bond motifs is 8. The summed E-state index contributed by atoms with van der Waals surface area (Å²) in [5.74, 6) is 0.588. The molecule has 342 valence electrons. The molecule has 0 saturated heterocycles.